The molecule has 6 aromatic rings. The molecule has 4 nitrogen and oxygen atoms in total. The zero-order chi connectivity index (χ0) is 26.6. The van der Waals surface area contributed by atoms with E-state index < -0.39 is 0 Å². The van der Waals surface area contributed by atoms with Gasteiger partial charge >= 0.3 is 0 Å². The van der Waals surface area contributed by atoms with E-state index in [1.807, 2.05) is 109 Å². The molecule has 0 aliphatic rings. The zero-order valence-electron chi connectivity index (χ0n) is 21.0. The van der Waals surface area contributed by atoms with Crippen LogP contribution in [0.5, 0.6) is 23.0 Å². The Hall–Kier alpha value is -5.22. The molecule has 39 heavy (non-hydrogen) atoms. The maximum atomic E-state index is 13.5. The SMILES string of the molecule is O=C(CC(=O)c1ccc(Oc2ccccc2)c2ccccc12)c1ccc(Oc2ccccc2)c2ccccc12. The number of para-hydroxylation sites is 2. The largest absolute Gasteiger partial charge is 0.457 e. The number of hydrogen-bond acceptors (Lipinski definition) is 4. The molecule has 0 bridgehead atoms. The maximum absolute atomic E-state index is 13.5. The molecule has 0 atom stereocenters. The molecule has 0 unspecified atom stereocenters. The number of rotatable bonds is 8. The van der Waals surface area contributed by atoms with Gasteiger partial charge in [0.15, 0.2) is 11.6 Å². The van der Waals surface area contributed by atoms with Crippen molar-refractivity contribution in [2.75, 3.05) is 0 Å². The Morgan fingerprint density at radius 3 is 1.18 bits per heavy atom. The molecule has 188 valence electrons. The van der Waals surface area contributed by atoms with Gasteiger partial charge in [0.05, 0.1) is 6.42 Å². The molecule has 0 amide bonds. The summed E-state index contributed by atoms with van der Waals surface area (Å²) in [5.74, 6) is 2.25. The van der Waals surface area contributed by atoms with E-state index in [4.69, 9.17) is 9.47 Å². The third-order valence-electron chi connectivity index (χ3n) is 6.63. The van der Waals surface area contributed by atoms with Crippen molar-refractivity contribution in [1.29, 1.82) is 0 Å². The fourth-order valence-corrected chi connectivity index (χ4v) is 4.77. The Morgan fingerprint density at radius 2 is 0.769 bits per heavy atom. The van der Waals surface area contributed by atoms with Gasteiger partial charge < -0.3 is 9.47 Å². The average molecular weight is 509 g/mol. The molecule has 0 heterocycles. The predicted molar refractivity (Wildman–Crippen MR) is 154 cm³/mol. The summed E-state index contributed by atoms with van der Waals surface area (Å²) in [6, 6.07) is 41.3. The summed E-state index contributed by atoms with van der Waals surface area (Å²) in [5, 5.41) is 3.13. The highest BCUT2D eigenvalue weighted by Gasteiger charge is 2.20. The van der Waals surface area contributed by atoms with Crippen molar-refractivity contribution in [3.8, 4) is 23.0 Å². The Bertz CT molecular complexity index is 1670. The van der Waals surface area contributed by atoms with E-state index in [9.17, 15) is 9.59 Å². The number of ether oxygens (including phenoxy) is 2. The highest BCUT2D eigenvalue weighted by atomic mass is 16.5. The summed E-state index contributed by atoms with van der Waals surface area (Å²) >= 11 is 0. The van der Waals surface area contributed by atoms with Crippen LogP contribution in [0.3, 0.4) is 0 Å². The molecule has 0 aliphatic carbocycles. The molecular formula is C35H24O4. The van der Waals surface area contributed by atoms with Crippen LogP contribution >= 0.6 is 0 Å². The van der Waals surface area contributed by atoms with Gasteiger partial charge in [0.1, 0.15) is 23.0 Å². The fourth-order valence-electron chi connectivity index (χ4n) is 4.77. The summed E-state index contributed by atoms with van der Waals surface area (Å²) in [7, 11) is 0. The molecule has 0 saturated heterocycles. The van der Waals surface area contributed by atoms with E-state index in [0.717, 1.165) is 21.5 Å². The minimum Gasteiger partial charge on any atom is -0.457 e. The number of fused-ring (bicyclic) bond motifs is 2. The zero-order valence-corrected chi connectivity index (χ0v) is 21.0. The van der Waals surface area contributed by atoms with Gasteiger partial charge in [0.2, 0.25) is 0 Å². The predicted octanol–water partition coefficient (Wildman–Crippen LogP) is 9.03. The molecular weight excluding hydrogens is 484 g/mol. The quantitative estimate of drug-likeness (QED) is 0.152. The fraction of sp³-hybridized carbons (Fsp3) is 0.0286. The molecule has 4 heteroatoms. The monoisotopic (exact) mass is 508 g/mol. The Morgan fingerprint density at radius 1 is 0.410 bits per heavy atom. The average Bonchev–Trinajstić information content (AvgIpc) is 2.98. The third-order valence-corrected chi connectivity index (χ3v) is 6.63. The minimum absolute atomic E-state index is 0.240. The molecule has 0 N–H and O–H groups in total. The number of Topliss-reactive ketones (excluding diaryl/α,β-unsaturated/α-hetero) is 2. The van der Waals surface area contributed by atoms with Crippen molar-refractivity contribution < 1.29 is 19.1 Å². The summed E-state index contributed by atoms with van der Waals surface area (Å²) in [5.41, 5.74) is 0.986. The highest BCUT2D eigenvalue weighted by molar-refractivity contribution is 6.21. The second-order valence-electron chi connectivity index (χ2n) is 9.17. The van der Waals surface area contributed by atoms with Gasteiger partial charge in [-0.15, -0.1) is 0 Å². The standard InChI is InChI=1S/C35H24O4/c36-32(28-19-21-34(30-17-9-7-15-26(28)30)38-24-11-3-1-4-12-24)23-33(37)29-20-22-35(31-18-10-8-16-27(29)31)39-25-13-5-2-6-14-25/h1-22H,23H2. The first-order valence-electron chi connectivity index (χ1n) is 12.7. The van der Waals surface area contributed by atoms with Crippen LogP contribution in [0.2, 0.25) is 0 Å². The van der Waals surface area contributed by atoms with Gasteiger partial charge in [-0.3, -0.25) is 9.59 Å². The van der Waals surface area contributed by atoms with Crippen LogP contribution in [0.4, 0.5) is 0 Å². The molecule has 6 rings (SSSR count). The highest BCUT2D eigenvalue weighted by Crippen LogP contribution is 2.35. The van der Waals surface area contributed by atoms with Gasteiger partial charge in [-0.1, -0.05) is 84.9 Å². The summed E-state index contributed by atoms with van der Waals surface area (Å²) < 4.78 is 12.2. The lowest BCUT2D eigenvalue weighted by molar-refractivity contribution is 0.0896. The van der Waals surface area contributed by atoms with E-state index >= 15 is 0 Å². The van der Waals surface area contributed by atoms with Crippen LogP contribution in [-0.4, -0.2) is 11.6 Å². The summed E-state index contributed by atoms with van der Waals surface area (Å²) in [6.07, 6.45) is -0.244. The normalized spacial score (nSPS) is 10.9. The van der Waals surface area contributed by atoms with Crippen LogP contribution in [-0.2, 0) is 0 Å². The molecule has 6 aromatic carbocycles. The Labute approximate surface area is 226 Å². The van der Waals surface area contributed by atoms with E-state index in [2.05, 4.69) is 0 Å². The van der Waals surface area contributed by atoms with Gasteiger partial charge in [0.25, 0.3) is 0 Å². The number of hydrogen-bond donors (Lipinski definition) is 0. The van der Waals surface area contributed by atoms with E-state index in [1.165, 1.54) is 0 Å². The third kappa shape index (κ3) is 5.00. The van der Waals surface area contributed by atoms with Crippen molar-refractivity contribution in [1.82, 2.24) is 0 Å². The summed E-state index contributed by atoms with van der Waals surface area (Å²) in [4.78, 5) is 26.9. The molecule has 0 aromatic heterocycles. The van der Waals surface area contributed by atoms with Crippen molar-refractivity contribution in [3.63, 3.8) is 0 Å². The number of benzene rings is 6. The molecule has 0 radical (unpaired) electrons. The first-order valence-corrected chi connectivity index (χ1v) is 12.7. The number of ketones is 2. The first-order chi connectivity index (χ1) is 19.2. The molecule has 0 spiro atoms. The lowest BCUT2D eigenvalue weighted by Gasteiger charge is -2.13. The lowest BCUT2D eigenvalue weighted by atomic mass is 9.94. The van der Waals surface area contributed by atoms with Crippen LogP contribution in [0.25, 0.3) is 21.5 Å². The van der Waals surface area contributed by atoms with Crippen molar-refractivity contribution in [3.05, 3.63) is 145 Å². The van der Waals surface area contributed by atoms with E-state index in [-0.39, 0.29) is 18.0 Å². The first kappa shape index (κ1) is 24.1. The topological polar surface area (TPSA) is 52.6 Å². The second-order valence-corrected chi connectivity index (χ2v) is 9.17. The number of carbonyl (C=O) groups excluding carboxylic acids is 2. The molecule has 0 saturated carbocycles. The van der Waals surface area contributed by atoms with Crippen LogP contribution in [0.1, 0.15) is 27.1 Å². The Kier molecular flexibility index (Phi) is 6.59. The Balaban J connectivity index is 1.29. The minimum atomic E-state index is -0.244. The van der Waals surface area contributed by atoms with Gasteiger partial charge in [-0.05, 0) is 59.3 Å². The van der Waals surface area contributed by atoms with Gasteiger partial charge in [-0.2, -0.15) is 0 Å². The number of carbonyl (C=O) groups is 2. The van der Waals surface area contributed by atoms with Crippen LogP contribution in [0.15, 0.2) is 133 Å². The van der Waals surface area contributed by atoms with E-state index in [1.54, 1.807) is 24.3 Å². The van der Waals surface area contributed by atoms with E-state index in [0.29, 0.717) is 34.1 Å². The second kappa shape index (κ2) is 10.6. The van der Waals surface area contributed by atoms with Crippen molar-refractivity contribution >= 4 is 33.1 Å². The maximum Gasteiger partial charge on any atom is 0.171 e. The van der Waals surface area contributed by atoms with Crippen molar-refractivity contribution in [2.24, 2.45) is 0 Å². The lowest BCUT2D eigenvalue weighted by Crippen LogP contribution is -2.10. The van der Waals surface area contributed by atoms with Crippen LogP contribution < -0.4 is 9.47 Å². The van der Waals surface area contributed by atoms with Gasteiger partial charge in [0, 0.05) is 21.9 Å². The van der Waals surface area contributed by atoms with Crippen molar-refractivity contribution in [2.45, 2.75) is 6.42 Å². The molecule has 0 aliphatic heterocycles. The van der Waals surface area contributed by atoms with Crippen LogP contribution in [0, 0.1) is 0 Å². The van der Waals surface area contributed by atoms with Gasteiger partial charge in [-0.25, -0.2) is 0 Å². The summed E-state index contributed by atoms with van der Waals surface area (Å²) in [6.45, 7) is 0. The molecule has 0 fully saturated rings. The smallest absolute Gasteiger partial charge is 0.171 e.